The summed E-state index contributed by atoms with van der Waals surface area (Å²) in [5.74, 6) is -0.874. The molecule has 138 valence electrons. The monoisotopic (exact) mass is 366 g/mol. The van der Waals surface area contributed by atoms with E-state index in [9.17, 15) is 22.8 Å². The largest absolute Gasteiger partial charge is 0.416 e. The Hall–Kier alpha value is -2.84. The fourth-order valence-corrected chi connectivity index (χ4v) is 2.90. The predicted octanol–water partition coefficient (Wildman–Crippen LogP) is 2.36. The summed E-state index contributed by atoms with van der Waals surface area (Å²) in [7, 11) is 0. The van der Waals surface area contributed by atoms with Crippen molar-refractivity contribution in [3.05, 3.63) is 52.3 Å². The Morgan fingerprint density at radius 1 is 1.23 bits per heavy atom. The van der Waals surface area contributed by atoms with Crippen LogP contribution >= 0.6 is 0 Å². The minimum Gasteiger partial charge on any atom is -0.352 e. The van der Waals surface area contributed by atoms with Crippen molar-refractivity contribution < 1.29 is 22.8 Å². The third-order valence-corrected chi connectivity index (χ3v) is 4.48. The standard InChI is InChI=1S/C17H17F3N4O2/c1-9-10(2)22-23-13(9)16(26)24-8-7-21-15(25)14(24)11-3-5-12(6-4-11)17(18,19)20/h3-6,14H,7-8H2,1-2H3,(H,21,25)(H,22,23). The second-order valence-corrected chi connectivity index (χ2v) is 6.13. The number of hydrogen-bond acceptors (Lipinski definition) is 3. The zero-order valence-electron chi connectivity index (χ0n) is 14.1. The Labute approximate surface area is 147 Å². The zero-order chi connectivity index (χ0) is 19.1. The number of aromatic amines is 1. The van der Waals surface area contributed by atoms with E-state index < -0.39 is 29.6 Å². The van der Waals surface area contributed by atoms with Gasteiger partial charge in [0.15, 0.2) is 5.69 Å². The van der Waals surface area contributed by atoms with Gasteiger partial charge in [0.1, 0.15) is 6.04 Å². The van der Waals surface area contributed by atoms with E-state index in [1.54, 1.807) is 13.8 Å². The molecule has 1 aromatic carbocycles. The van der Waals surface area contributed by atoms with Crippen LogP contribution in [0.2, 0.25) is 0 Å². The number of benzene rings is 1. The summed E-state index contributed by atoms with van der Waals surface area (Å²) in [6.07, 6.45) is -4.47. The molecule has 1 unspecified atom stereocenters. The van der Waals surface area contributed by atoms with E-state index in [1.165, 1.54) is 17.0 Å². The number of halogens is 3. The molecule has 1 aliphatic heterocycles. The molecule has 2 N–H and O–H groups in total. The van der Waals surface area contributed by atoms with E-state index in [2.05, 4.69) is 15.5 Å². The molecule has 1 atom stereocenters. The summed E-state index contributed by atoms with van der Waals surface area (Å²) in [4.78, 5) is 26.6. The molecule has 1 aromatic heterocycles. The number of nitrogens with one attached hydrogen (secondary N) is 2. The molecule has 6 nitrogen and oxygen atoms in total. The molecule has 2 heterocycles. The van der Waals surface area contributed by atoms with Crippen LogP contribution in [0.15, 0.2) is 24.3 Å². The van der Waals surface area contributed by atoms with Crippen molar-refractivity contribution in [1.29, 1.82) is 0 Å². The number of H-pyrrole nitrogens is 1. The van der Waals surface area contributed by atoms with Gasteiger partial charge in [-0.15, -0.1) is 0 Å². The van der Waals surface area contributed by atoms with Gasteiger partial charge in [-0.25, -0.2) is 0 Å². The van der Waals surface area contributed by atoms with E-state index in [-0.39, 0.29) is 18.8 Å². The second-order valence-electron chi connectivity index (χ2n) is 6.13. The number of nitrogens with zero attached hydrogens (tertiary/aromatic N) is 2. The van der Waals surface area contributed by atoms with Crippen molar-refractivity contribution in [2.75, 3.05) is 13.1 Å². The molecular formula is C17H17F3N4O2. The Balaban J connectivity index is 1.95. The Bertz CT molecular complexity index is 843. The maximum atomic E-state index is 12.9. The van der Waals surface area contributed by atoms with Gasteiger partial charge >= 0.3 is 6.18 Å². The first kappa shape index (κ1) is 18.0. The third kappa shape index (κ3) is 3.16. The van der Waals surface area contributed by atoms with Crippen LogP contribution in [0.1, 0.15) is 38.9 Å². The topological polar surface area (TPSA) is 78.1 Å². The van der Waals surface area contributed by atoms with Gasteiger partial charge < -0.3 is 10.2 Å². The summed E-state index contributed by atoms with van der Waals surface area (Å²) in [5, 5.41) is 9.37. The van der Waals surface area contributed by atoms with Gasteiger partial charge in [-0.1, -0.05) is 12.1 Å². The van der Waals surface area contributed by atoms with Crippen LogP contribution < -0.4 is 5.32 Å². The normalized spacial score (nSPS) is 18.0. The Morgan fingerprint density at radius 2 is 1.88 bits per heavy atom. The number of carbonyl (C=O) groups excluding carboxylic acids is 2. The van der Waals surface area contributed by atoms with Crippen LogP contribution in [0.25, 0.3) is 0 Å². The van der Waals surface area contributed by atoms with Crippen LogP contribution in [0, 0.1) is 13.8 Å². The molecule has 1 saturated heterocycles. The summed E-state index contributed by atoms with van der Waals surface area (Å²) < 4.78 is 38.3. The average Bonchev–Trinajstić information content (AvgIpc) is 2.92. The lowest BCUT2D eigenvalue weighted by molar-refractivity contribution is -0.137. The Morgan fingerprint density at radius 3 is 2.42 bits per heavy atom. The van der Waals surface area contributed by atoms with Gasteiger partial charge in [0.25, 0.3) is 5.91 Å². The maximum absolute atomic E-state index is 12.9. The number of piperazine rings is 1. The van der Waals surface area contributed by atoms with Crippen LogP contribution in [0.5, 0.6) is 0 Å². The van der Waals surface area contributed by atoms with E-state index in [0.29, 0.717) is 11.1 Å². The minimum absolute atomic E-state index is 0.203. The smallest absolute Gasteiger partial charge is 0.352 e. The molecule has 9 heteroatoms. The molecule has 1 aliphatic rings. The van der Waals surface area contributed by atoms with Gasteiger partial charge in [0, 0.05) is 24.3 Å². The van der Waals surface area contributed by atoms with E-state index in [4.69, 9.17) is 0 Å². The first-order chi connectivity index (χ1) is 12.2. The van der Waals surface area contributed by atoms with Crippen LogP contribution in [-0.4, -0.2) is 40.0 Å². The van der Waals surface area contributed by atoms with E-state index in [0.717, 1.165) is 17.8 Å². The quantitative estimate of drug-likeness (QED) is 0.857. The Kier molecular flexibility index (Phi) is 4.47. The number of amides is 2. The molecule has 2 amide bonds. The highest BCUT2D eigenvalue weighted by Gasteiger charge is 2.37. The number of rotatable bonds is 2. The van der Waals surface area contributed by atoms with Crippen LogP contribution in [0.3, 0.4) is 0 Å². The lowest BCUT2D eigenvalue weighted by atomic mass is 10.00. The molecular weight excluding hydrogens is 349 g/mol. The van der Waals surface area contributed by atoms with Crippen molar-refractivity contribution >= 4 is 11.8 Å². The first-order valence-corrected chi connectivity index (χ1v) is 7.97. The fraction of sp³-hybridized carbons (Fsp3) is 0.353. The zero-order valence-corrected chi connectivity index (χ0v) is 14.1. The van der Waals surface area contributed by atoms with Gasteiger partial charge in [-0.2, -0.15) is 18.3 Å². The molecule has 0 aliphatic carbocycles. The number of hydrogen-bond donors (Lipinski definition) is 2. The SMILES string of the molecule is Cc1[nH]nc(C(=O)N2CCNC(=O)C2c2ccc(C(F)(F)F)cc2)c1C. The summed E-state index contributed by atoms with van der Waals surface area (Å²) in [6.45, 7) is 4.02. The van der Waals surface area contributed by atoms with Gasteiger partial charge in [-0.3, -0.25) is 14.7 Å². The summed E-state index contributed by atoms with van der Waals surface area (Å²) in [5.41, 5.74) is 1.12. The molecule has 26 heavy (non-hydrogen) atoms. The van der Waals surface area contributed by atoms with Crippen molar-refractivity contribution in [2.24, 2.45) is 0 Å². The van der Waals surface area contributed by atoms with Crippen molar-refractivity contribution in [2.45, 2.75) is 26.1 Å². The number of aromatic nitrogens is 2. The molecule has 0 spiro atoms. The van der Waals surface area contributed by atoms with Gasteiger partial charge in [0.05, 0.1) is 5.56 Å². The van der Waals surface area contributed by atoms with Crippen molar-refractivity contribution in [1.82, 2.24) is 20.4 Å². The molecule has 0 bridgehead atoms. The van der Waals surface area contributed by atoms with Crippen molar-refractivity contribution in [3.63, 3.8) is 0 Å². The highest BCUT2D eigenvalue weighted by molar-refractivity contribution is 5.98. The summed E-state index contributed by atoms with van der Waals surface area (Å²) >= 11 is 0. The number of carbonyl (C=O) groups is 2. The molecule has 0 saturated carbocycles. The number of alkyl halides is 3. The van der Waals surface area contributed by atoms with E-state index in [1.807, 2.05) is 0 Å². The highest BCUT2D eigenvalue weighted by Crippen LogP contribution is 2.32. The molecule has 2 aromatic rings. The van der Waals surface area contributed by atoms with Crippen molar-refractivity contribution in [3.8, 4) is 0 Å². The lowest BCUT2D eigenvalue weighted by Crippen LogP contribution is -2.52. The molecule has 0 radical (unpaired) electrons. The highest BCUT2D eigenvalue weighted by atomic mass is 19.4. The van der Waals surface area contributed by atoms with E-state index >= 15 is 0 Å². The number of aryl methyl sites for hydroxylation is 1. The van der Waals surface area contributed by atoms with Gasteiger partial charge in [0.2, 0.25) is 5.91 Å². The summed E-state index contributed by atoms with van der Waals surface area (Å²) in [6, 6.07) is 3.26. The first-order valence-electron chi connectivity index (χ1n) is 7.97. The minimum atomic E-state index is -4.47. The maximum Gasteiger partial charge on any atom is 0.416 e. The van der Waals surface area contributed by atoms with Crippen LogP contribution in [0.4, 0.5) is 13.2 Å². The average molecular weight is 366 g/mol. The second kappa shape index (κ2) is 6.47. The van der Waals surface area contributed by atoms with Crippen LogP contribution in [-0.2, 0) is 11.0 Å². The van der Waals surface area contributed by atoms with Gasteiger partial charge in [-0.05, 0) is 31.5 Å². The lowest BCUT2D eigenvalue weighted by Gasteiger charge is -2.35. The molecule has 3 rings (SSSR count). The third-order valence-electron chi connectivity index (χ3n) is 4.48. The predicted molar refractivity (Wildman–Crippen MR) is 86.3 cm³/mol. The molecule has 1 fully saturated rings. The fourth-order valence-electron chi connectivity index (χ4n) is 2.90.